The van der Waals surface area contributed by atoms with E-state index < -0.39 is 58.3 Å². The molecule has 14 atom stereocenters. The lowest BCUT2D eigenvalue weighted by Gasteiger charge is -2.60. The van der Waals surface area contributed by atoms with Gasteiger partial charge in [-0.05, 0) is 105 Å². The van der Waals surface area contributed by atoms with Gasteiger partial charge in [-0.1, -0.05) is 57.9 Å². The van der Waals surface area contributed by atoms with E-state index in [1.165, 1.54) is 0 Å². The number of allylic oxidation sites excluding steroid dienone is 8. The maximum absolute atomic E-state index is 13.3. The molecule has 0 aromatic heterocycles. The highest BCUT2D eigenvalue weighted by molar-refractivity contribution is 6.02. The van der Waals surface area contributed by atoms with Crippen molar-refractivity contribution in [1.82, 2.24) is 0 Å². The van der Waals surface area contributed by atoms with Crippen LogP contribution in [0.4, 0.5) is 0 Å². The molecule has 8 rings (SSSR count). The van der Waals surface area contributed by atoms with Gasteiger partial charge in [0.25, 0.3) is 0 Å². The number of carbonyl (C=O) groups is 5. The molecule has 0 bridgehead atoms. The second-order valence-corrected chi connectivity index (χ2v) is 18.7. The van der Waals surface area contributed by atoms with Crippen LogP contribution in [-0.4, -0.2) is 85.0 Å². The molecule has 0 aromatic carbocycles. The van der Waals surface area contributed by atoms with Crippen molar-refractivity contribution in [1.29, 1.82) is 0 Å². The number of hydrogen-bond acceptors (Lipinski definition) is 10. The molecular weight excluding hydrogens is 676 g/mol. The molecular formula is C43H56O10. The van der Waals surface area contributed by atoms with Crippen LogP contribution in [0.25, 0.3) is 0 Å². The third-order valence-corrected chi connectivity index (χ3v) is 16.6. The van der Waals surface area contributed by atoms with Crippen LogP contribution in [-0.2, 0) is 24.0 Å². The van der Waals surface area contributed by atoms with Crippen LogP contribution in [0.3, 0.4) is 0 Å². The van der Waals surface area contributed by atoms with E-state index in [2.05, 4.69) is 13.8 Å². The topological polar surface area (TPSA) is 186 Å². The zero-order valence-electron chi connectivity index (χ0n) is 31.6. The van der Waals surface area contributed by atoms with Gasteiger partial charge in [-0.3, -0.25) is 24.0 Å². The van der Waals surface area contributed by atoms with Crippen molar-refractivity contribution in [3.8, 4) is 0 Å². The SMILES string of the molecule is C[C@H]1C[C@@H]2[C@H]([C@@H](O)C[C@@]3(C)[C@H]2CC[C@]3(O)C(=O)CO)[C@@]2(C)C=CC(=O)C=C12.C[C@]12C=CC(=O)C=C1CC[C@@H]1[C@@H]2C(=O)C[C@@]2(C)[C@H]1CC[C@]2(O)C(=O)CO. The maximum Gasteiger partial charge on any atom is 0.190 e. The Morgan fingerprint density at radius 1 is 0.774 bits per heavy atom. The Morgan fingerprint density at radius 2 is 1.32 bits per heavy atom. The minimum atomic E-state index is -1.62. The number of Topliss-reactive ketones (excluding diaryl/α,β-unsaturated/α-hetero) is 3. The van der Waals surface area contributed by atoms with Gasteiger partial charge in [-0.2, -0.15) is 0 Å². The van der Waals surface area contributed by atoms with Crippen molar-refractivity contribution in [2.24, 2.45) is 63.1 Å². The Morgan fingerprint density at radius 3 is 1.92 bits per heavy atom. The lowest BCUT2D eigenvalue weighted by Crippen LogP contribution is -2.62. The van der Waals surface area contributed by atoms with E-state index in [1.807, 2.05) is 32.9 Å². The first-order valence-electron chi connectivity index (χ1n) is 19.6. The summed E-state index contributed by atoms with van der Waals surface area (Å²) in [6.45, 7) is 8.67. The number of rotatable bonds is 4. The number of aliphatic hydroxyl groups is 5. The highest BCUT2D eigenvalue weighted by Crippen LogP contribution is 2.68. The predicted octanol–water partition coefficient (Wildman–Crippen LogP) is 3.57. The first-order chi connectivity index (χ1) is 24.8. The van der Waals surface area contributed by atoms with Crippen LogP contribution in [0.5, 0.6) is 0 Å². The number of aliphatic hydroxyl groups excluding tert-OH is 3. The van der Waals surface area contributed by atoms with Crippen molar-refractivity contribution < 1.29 is 49.5 Å². The van der Waals surface area contributed by atoms with Crippen LogP contribution in [0, 0.1) is 63.1 Å². The summed E-state index contributed by atoms with van der Waals surface area (Å²) in [6.07, 6.45) is 14.7. The van der Waals surface area contributed by atoms with Crippen molar-refractivity contribution >= 4 is 28.9 Å². The summed E-state index contributed by atoms with van der Waals surface area (Å²) < 4.78 is 0. The predicted molar refractivity (Wildman–Crippen MR) is 194 cm³/mol. The highest BCUT2D eigenvalue weighted by atomic mass is 16.3. The normalized spacial score (nSPS) is 49.2. The van der Waals surface area contributed by atoms with Crippen LogP contribution >= 0.6 is 0 Å². The van der Waals surface area contributed by atoms with E-state index in [1.54, 1.807) is 24.3 Å². The van der Waals surface area contributed by atoms with Gasteiger partial charge in [0, 0.05) is 39.9 Å². The molecule has 0 saturated heterocycles. The van der Waals surface area contributed by atoms with Crippen LogP contribution in [0.15, 0.2) is 47.6 Å². The maximum atomic E-state index is 13.3. The Bertz CT molecular complexity index is 1770. The van der Waals surface area contributed by atoms with Gasteiger partial charge in [-0.25, -0.2) is 0 Å². The summed E-state index contributed by atoms with van der Waals surface area (Å²) in [6, 6.07) is 0. The molecule has 8 aliphatic rings. The molecule has 0 heterocycles. The summed E-state index contributed by atoms with van der Waals surface area (Å²) >= 11 is 0. The summed E-state index contributed by atoms with van der Waals surface area (Å²) in [5.74, 6) is -0.667. The fourth-order valence-electron chi connectivity index (χ4n) is 14.0. The smallest absolute Gasteiger partial charge is 0.190 e. The van der Waals surface area contributed by atoms with Crippen molar-refractivity contribution in [2.45, 2.75) is 110 Å². The van der Waals surface area contributed by atoms with Gasteiger partial charge in [0.2, 0.25) is 0 Å². The Kier molecular flexibility index (Phi) is 9.10. The molecule has 0 spiro atoms. The highest BCUT2D eigenvalue weighted by Gasteiger charge is 2.70. The fraction of sp³-hybridized carbons (Fsp3) is 0.698. The van der Waals surface area contributed by atoms with Gasteiger partial charge in [0.1, 0.15) is 30.2 Å². The summed E-state index contributed by atoms with van der Waals surface area (Å²) in [5, 5.41) is 52.3. The minimum Gasteiger partial charge on any atom is -0.393 e. The van der Waals surface area contributed by atoms with Crippen molar-refractivity contribution in [3.63, 3.8) is 0 Å². The van der Waals surface area contributed by atoms with Crippen molar-refractivity contribution in [2.75, 3.05) is 13.2 Å². The third kappa shape index (κ3) is 5.11. The van der Waals surface area contributed by atoms with E-state index in [0.29, 0.717) is 25.7 Å². The first kappa shape index (κ1) is 38.4. The molecule has 288 valence electrons. The zero-order chi connectivity index (χ0) is 38.7. The number of hydrogen-bond donors (Lipinski definition) is 5. The monoisotopic (exact) mass is 732 g/mol. The van der Waals surface area contributed by atoms with E-state index in [0.717, 1.165) is 36.8 Å². The van der Waals surface area contributed by atoms with Gasteiger partial charge in [0.05, 0.1) is 6.10 Å². The van der Waals surface area contributed by atoms with E-state index in [4.69, 9.17) is 0 Å². The molecule has 6 saturated carbocycles. The molecule has 0 radical (unpaired) electrons. The Labute approximate surface area is 311 Å². The van der Waals surface area contributed by atoms with Crippen LogP contribution in [0.2, 0.25) is 0 Å². The molecule has 8 aliphatic carbocycles. The van der Waals surface area contributed by atoms with Gasteiger partial charge in [0.15, 0.2) is 23.1 Å². The average molecular weight is 733 g/mol. The van der Waals surface area contributed by atoms with E-state index in [-0.39, 0.29) is 70.6 Å². The molecule has 0 aromatic rings. The molecule has 10 heteroatoms. The first-order valence-corrected chi connectivity index (χ1v) is 19.6. The van der Waals surface area contributed by atoms with Gasteiger partial charge < -0.3 is 25.5 Å². The molecule has 0 amide bonds. The second kappa shape index (κ2) is 12.6. The zero-order valence-corrected chi connectivity index (χ0v) is 31.6. The van der Waals surface area contributed by atoms with Gasteiger partial charge >= 0.3 is 0 Å². The molecule has 53 heavy (non-hydrogen) atoms. The quantitative estimate of drug-likeness (QED) is 0.286. The molecule has 0 aliphatic heterocycles. The molecule has 10 nitrogen and oxygen atoms in total. The largest absolute Gasteiger partial charge is 0.393 e. The summed E-state index contributed by atoms with van der Waals surface area (Å²) in [7, 11) is 0. The Balaban J connectivity index is 0.000000164. The summed E-state index contributed by atoms with van der Waals surface area (Å²) in [5.41, 5.74) is -3.45. The third-order valence-electron chi connectivity index (χ3n) is 16.6. The fourth-order valence-corrected chi connectivity index (χ4v) is 14.0. The van der Waals surface area contributed by atoms with Gasteiger partial charge in [-0.15, -0.1) is 0 Å². The van der Waals surface area contributed by atoms with E-state index in [9.17, 15) is 49.5 Å². The average Bonchev–Trinajstić information content (AvgIpc) is 3.54. The number of ketones is 5. The lowest BCUT2D eigenvalue weighted by atomic mass is 9.45. The Hall–Kier alpha value is -2.89. The number of carbonyl (C=O) groups excluding carboxylic acids is 5. The second-order valence-electron chi connectivity index (χ2n) is 18.7. The van der Waals surface area contributed by atoms with Crippen LogP contribution in [0.1, 0.15) is 92.4 Å². The standard InChI is InChI=1S/C22H30O5.C21H26O5/c1-12-8-14-15-5-7-22(27,18(26)11-23)21(15,3)10-17(25)19(14)20(2)6-4-13(24)9-16(12)20;1-19-7-5-13(23)9-12(19)3-4-14-15-6-8-21(26,17(25)11-22)20(15,2)10-16(24)18(14)19/h4,6,9,12,14-15,17,19,23,25,27H,5,7-8,10-11H2,1-3H3;5,7,9,14-15,18,22,26H,3-4,6,8,10-11H2,1-2H3/t12-,14-,15-,17-,19+,20-,21-,22-;14-,15-,18+,19-,20-,21-/m00/s1. The lowest BCUT2D eigenvalue weighted by molar-refractivity contribution is -0.180. The molecule has 6 fully saturated rings. The number of fused-ring (bicyclic) bond motifs is 10. The van der Waals surface area contributed by atoms with Crippen molar-refractivity contribution in [3.05, 3.63) is 47.6 Å². The minimum absolute atomic E-state index is 0.00620. The van der Waals surface area contributed by atoms with E-state index >= 15 is 0 Å². The summed E-state index contributed by atoms with van der Waals surface area (Å²) in [4.78, 5) is 61.8. The molecule has 5 N–H and O–H groups in total. The van der Waals surface area contributed by atoms with Crippen LogP contribution < -0.4 is 0 Å². The molecule has 0 unspecified atom stereocenters.